The van der Waals surface area contributed by atoms with Gasteiger partial charge in [0.1, 0.15) is 22.9 Å². The molecular weight excluding hydrogens is 484 g/mol. The maximum absolute atomic E-state index is 13.1. The van der Waals surface area contributed by atoms with Crippen LogP contribution < -0.4 is 11.1 Å². The molecule has 0 bridgehead atoms. The molecular formula is C28H30N6O2S. The van der Waals surface area contributed by atoms with E-state index in [1.165, 1.54) is 23.0 Å². The second-order valence-corrected chi connectivity index (χ2v) is 10.5. The highest BCUT2D eigenvalue weighted by molar-refractivity contribution is 7.14. The SMILES string of the molecule is C=CC(=O)N1CCC[C@H]1c1nc(-c2cc(C(=O)Nc3ccc(C(C)C)c(C)c3)cs2)c2c(N)nccn12. The number of rotatable bonds is 6. The third-order valence-electron chi connectivity index (χ3n) is 6.86. The number of nitrogens with one attached hydrogen (secondary N) is 1. The van der Waals surface area contributed by atoms with Crippen LogP contribution in [0, 0.1) is 6.92 Å². The van der Waals surface area contributed by atoms with Crippen molar-refractivity contribution in [2.45, 2.75) is 45.6 Å². The molecule has 3 aromatic heterocycles. The fourth-order valence-electron chi connectivity index (χ4n) is 5.09. The number of anilines is 2. The number of thiophene rings is 1. The lowest BCUT2D eigenvalue weighted by molar-refractivity contribution is -0.127. The lowest BCUT2D eigenvalue weighted by atomic mass is 9.97. The number of carbonyl (C=O) groups excluding carboxylic acids is 2. The predicted molar refractivity (Wildman–Crippen MR) is 148 cm³/mol. The minimum Gasteiger partial charge on any atom is -0.382 e. The van der Waals surface area contributed by atoms with Crippen LogP contribution in [0.2, 0.25) is 0 Å². The van der Waals surface area contributed by atoms with Crippen LogP contribution in [-0.2, 0) is 4.79 Å². The van der Waals surface area contributed by atoms with Gasteiger partial charge in [-0.3, -0.25) is 14.0 Å². The lowest BCUT2D eigenvalue weighted by Gasteiger charge is -2.22. The van der Waals surface area contributed by atoms with Gasteiger partial charge in [-0.1, -0.05) is 26.5 Å². The van der Waals surface area contributed by atoms with Gasteiger partial charge in [0.05, 0.1) is 16.5 Å². The number of carbonyl (C=O) groups is 2. The molecule has 0 radical (unpaired) electrons. The monoisotopic (exact) mass is 514 g/mol. The number of aryl methyl sites for hydroxylation is 1. The van der Waals surface area contributed by atoms with E-state index in [0.29, 0.717) is 35.1 Å². The first kappa shape index (κ1) is 24.7. The van der Waals surface area contributed by atoms with Crippen LogP contribution in [0.25, 0.3) is 16.1 Å². The maximum atomic E-state index is 13.1. The molecule has 1 atom stereocenters. The Bertz CT molecular complexity index is 1520. The third kappa shape index (κ3) is 4.51. The molecule has 1 aliphatic rings. The molecule has 1 aliphatic heterocycles. The Morgan fingerprint density at radius 3 is 2.84 bits per heavy atom. The van der Waals surface area contributed by atoms with Crippen LogP contribution in [0.5, 0.6) is 0 Å². The van der Waals surface area contributed by atoms with Crippen molar-refractivity contribution in [3.8, 4) is 10.6 Å². The number of hydrogen-bond acceptors (Lipinski definition) is 6. The summed E-state index contributed by atoms with van der Waals surface area (Å²) in [5.41, 5.74) is 11.3. The molecule has 9 heteroatoms. The Hall–Kier alpha value is -3.98. The summed E-state index contributed by atoms with van der Waals surface area (Å²) < 4.78 is 1.91. The molecule has 1 aromatic carbocycles. The average Bonchev–Trinajstić information content (AvgIpc) is 3.61. The second-order valence-electron chi connectivity index (χ2n) is 9.62. The third-order valence-corrected chi connectivity index (χ3v) is 7.80. The van der Waals surface area contributed by atoms with E-state index in [1.54, 1.807) is 11.1 Å². The summed E-state index contributed by atoms with van der Waals surface area (Å²) in [6.07, 6.45) is 6.47. The first-order chi connectivity index (χ1) is 17.8. The molecule has 2 amide bonds. The van der Waals surface area contributed by atoms with Crippen LogP contribution in [0.4, 0.5) is 11.5 Å². The zero-order valence-corrected chi connectivity index (χ0v) is 22.0. The molecule has 4 heterocycles. The van der Waals surface area contributed by atoms with Gasteiger partial charge in [0.15, 0.2) is 0 Å². The molecule has 3 N–H and O–H groups in total. The van der Waals surface area contributed by atoms with Gasteiger partial charge in [-0.05, 0) is 61.1 Å². The van der Waals surface area contributed by atoms with Crippen molar-refractivity contribution in [2.24, 2.45) is 0 Å². The summed E-state index contributed by atoms with van der Waals surface area (Å²) >= 11 is 1.43. The van der Waals surface area contributed by atoms with Crippen molar-refractivity contribution in [2.75, 3.05) is 17.6 Å². The zero-order valence-electron chi connectivity index (χ0n) is 21.2. The number of likely N-dealkylation sites (tertiary alicyclic amines) is 1. The molecule has 0 spiro atoms. The number of nitrogen functional groups attached to an aromatic ring is 1. The fraction of sp³-hybridized carbons (Fsp3) is 0.286. The van der Waals surface area contributed by atoms with E-state index in [0.717, 1.165) is 34.8 Å². The normalized spacial score (nSPS) is 15.5. The van der Waals surface area contributed by atoms with Crippen molar-refractivity contribution in [1.82, 2.24) is 19.3 Å². The Balaban J connectivity index is 1.48. The molecule has 0 aliphatic carbocycles. The number of fused-ring (bicyclic) bond motifs is 1. The first-order valence-corrected chi connectivity index (χ1v) is 13.2. The van der Waals surface area contributed by atoms with Gasteiger partial charge in [0.25, 0.3) is 5.91 Å². The molecule has 4 aromatic rings. The van der Waals surface area contributed by atoms with Crippen LogP contribution >= 0.6 is 11.3 Å². The molecule has 8 nitrogen and oxygen atoms in total. The van der Waals surface area contributed by atoms with E-state index >= 15 is 0 Å². The molecule has 1 fully saturated rings. The van der Waals surface area contributed by atoms with Gasteiger partial charge in [0, 0.05) is 30.0 Å². The summed E-state index contributed by atoms with van der Waals surface area (Å²) in [6.45, 7) is 10.7. The summed E-state index contributed by atoms with van der Waals surface area (Å²) in [5, 5.41) is 4.82. The van der Waals surface area contributed by atoms with E-state index in [4.69, 9.17) is 10.7 Å². The van der Waals surface area contributed by atoms with E-state index in [1.807, 2.05) is 34.2 Å². The van der Waals surface area contributed by atoms with Gasteiger partial charge in [-0.2, -0.15) is 0 Å². The van der Waals surface area contributed by atoms with Gasteiger partial charge in [0.2, 0.25) is 5.91 Å². The van der Waals surface area contributed by atoms with Crippen molar-refractivity contribution in [3.05, 3.63) is 77.2 Å². The summed E-state index contributed by atoms with van der Waals surface area (Å²) in [5.74, 6) is 1.19. The van der Waals surface area contributed by atoms with E-state index < -0.39 is 0 Å². The van der Waals surface area contributed by atoms with Crippen LogP contribution in [0.1, 0.15) is 66.0 Å². The van der Waals surface area contributed by atoms with Crippen molar-refractivity contribution >= 4 is 40.2 Å². The topological polar surface area (TPSA) is 106 Å². The minimum atomic E-state index is -0.187. The minimum absolute atomic E-state index is 0.116. The van der Waals surface area contributed by atoms with Gasteiger partial charge >= 0.3 is 0 Å². The largest absolute Gasteiger partial charge is 0.382 e. The van der Waals surface area contributed by atoms with Gasteiger partial charge < -0.3 is 16.0 Å². The smallest absolute Gasteiger partial charge is 0.256 e. The highest BCUT2D eigenvalue weighted by Crippen LogP contribution is 2.38. The molecule has 0 saturated carbocycles. The Morgan fingerprint density at radius 1 is 1.30 bits per heavy atom. The predicted octanol–water partition coefficient (Wildman–Crippen LogP) is 5.57. The standard InChI is InChI=1S/C28H30N6O2S/c1-5-23(35)33-11-6-7-21(33)27-32-24(25-26(29)30-10-12-34(25)27)22-14-18(15-37-22)28(36)31-19-8-9-20(16(2)3)17(4)13-19/h5,8-10,12-16,21H,1,6-7,11H2,2-4H3,(H2,29,30)(H,31,36)/t21-/m0/s1. The highest BCUT2D eigenvalue weighted by atomic mass is 32.1. The van der Waals surface area contributed by atoms with Gasteiger partial charge in [-0.25, -0.2) is 9.97 Å². The Labute approximate surface area is 219 Å². The number of nitrogens with zero attached hydrogens (tertiary/aromatic N) is 4. The number of benzene rings is 1. The molecule has 37 heavy (non-hydrogen) atoms. The highest BCUT2D eigenvalue weighted by Gasteiger charge is 2.33. The average molecular weight is 515 g/mol. The number of nitrogens with two attached hydrogens (primary N) is 1. The Morgan fingerprint density at radius 2 is 2.11 bits per heavy atom. The van der Waals surface area contributed by atoms with Crippen molar-refractivity contribution < 1.29 is 9.59 Å². The van der Waals surface area contributed by atoms with Crippen LogP contribution in [0.3, 0.4) is 0 Å². The van der Waals surface area contributed by atoms with E-state index in [2.05, 4.69) is 43.7 Å². The quantitative estimate of drug-likeness (QED) is 0.327. The maximum Gasteiger partial charge on any atom is 0.256 e. The number of aromatic nitrogens is 3. The number of amides is 2. The molecule has 5 rings (SSSR count). The summed E-state index contributed by atoms with van der Waals surface area (Å²) in [4.78, 5) is 37.4. The molecule has 0 unspecified atom stereocenters. The van der Waals surface area contributed by atoms with Crippen molar-refractivity contribution in [3.63, 3.8) is 0 Å². The lowest BCUT2D eigenvalue weighted by Crippen LogP contribution is -2.29. The Kier molecular flexibility index (Phi) is 6.55. The molecule has 190 valence electrons. The van der Waals surface area contributed by atoms with Crippen LogP contribution in [0.15, 0.2) is 54.7 Å². The number of imidazole rings is 1. The van der Waals surface area contributed by atoms with Crippen molar-refractivity contribution in [1.29, 1.82) is 0 Å². The molecule has 1 saturated heterocycles. The van der Waals surface area contributed by atoms with E-state index in [9.17, 15) is 9.59 Å². The number of hydrogen-bond donors (Lipinski definition) is 2. The van der Waals surface area contributed by atoms with Crippen LogP contribution in [-0.4, -0.2) is 37.6 Å². The van der Waals surface area contributed by atoms with E-state index in [-0.39, 0.29) is 17.9 Å². The zero-order chi connectivity index (χ0) is 26.3. The van der Waals surface area contributed by atoms with Gasteiger partial charge in [-0.15, -0.1) is 11.3 Å². The first-order valence-electron chi connectivity index (χ1n) is 12.3. The fourth-order valence-corrected chi connectivity index (χ4v) is 5.97. The summed E-state index contributed by atoms with van der Waals surface area (Å²) in [6, 6.07) is 7.64. The summed E-state index contributed by atoms with van der Waals surface area (Å²) in [7, 11) is 0. The second kappa shape index (κ2) is 9.82.